The molecule has 0 unspecified atom stereocenters. The van der Waals surface area contributed by atoms with Gasteiger partial charge in [-0.25, -0.2) is 0 Å². The molecule has 90 valence electrons. The number of nitrogens with one attached hydrogen (secondary N) is 1. The number of benzene rings is 1. The maximum atomic E-state index is 5.50. The molecule has 0 aliphatic rings. The van der Waals surface area contributed by atoms with Crippen molar-refractivity contribution in [1.29, 1.82) is 0 Å². The van der Waals surface area contributed by atoms with E-state index in [9.17, 15) is 0 Å². The Labute approximate surface area is 138 Å². The summed E-state index contributed by atoms with van der Waals surface area (Å²) in [5.74, 6) is 0.875. The van der Waals surface area contributed by atoms with E-state index in [4.69, 9.17) is 4.42 Å². The van der Waals surface area contributed by atoms with Crippen molar-refractivity contribution < 1.29 is 4.42 Å². The molecule has 0 amide bonds. The van der Waals surface area contributed by atoms with Crippen LogP contribution in [0, 0.1) is 3.57 Å². The van der Waals surface area contributed by atoms with Crippen LogP contribution in [0.5, 0.6) is 0 Å². The van der Waals surface area contributed by atoms with Crippen LogP contribution in [-0.4, -0.2) is 0 Å². The summed E-state index contributed by atoms with van der Waals surface area (Å²) in [6.45, 7) is 0.649. The molecule has 1 aromatic carbocycles. The summed E-state index contributed by atoms with van der Waals surface area (Å²) in [5.41, 5.74) is 1.09. The normalized spacial score (nSPS) is 10.6. The maximum Gasteiger partial charge on any atom is 0.183 e. The van der Waals surface area contributed by atoms with Crippen LogP contribution in [0.2, 0.25) is 0 Å². The van der Waals surface area contributed by atoms with Crippen LogP contribution in [-0.2, 0) is 6.54 Å². The molecule has 0 atom stereocenters. The molecule has 2 nitrogen and oxygen atoms in total. The van der Waals surface area contributed by atoms with Crippen molar-refractivity contribution in [2.24, 2.45) is 0 Å². The van der Waals surface area contributed by atoms with Crippen molar-refractivity contribution in [3.8, 4) is 0 Å². The summed E-state index contributed by atoms with van der Waals surface area (Å²) in [4.78, 5) is 0. The van der Waals surface area contributed by atoms with Crippen LogP contribution in [0.25, 0.3) is 0 Å². The number of rotatable bonds is 3. The van der Waals surface area contributed by atoms with E-state index in [1.165, 1.54) is 3.57 Å². The van der Waals surface area contributed by atoms with Gasteiger partial charge in [0.25, 0.3) is 0 Å². The van der Waals surface area contributed by atoms with Crippen LogP contribution >= 0.6 is 70.4 Å². The number of hydrogen-bond acceptors (Lipinski definition) is 2. The van der Waals surface area contributed by atoms with Crippen molar-refractivity contribution in [3.63, 3.8) is 0 Å². The van der Waals surface area contributed by atoms with Gasteiger partial charge in [-0.15, -0.1) is 0 Å². The lowest BCUT2D eigenvalue weighted by Crippen LogP contribution is -1.99. The molecule has 0 fully saturated rings. The van der Waals surface area contributed by atoms with Crippen molar-refractivity contribution in [1.82, 2.24) is 0 Å². The van der Waals surface area contributed by atoms with Gasteiger partial charge < -0.3 is 9.73 Å². The molecular formula is C11H7Br3INO. The Balaban J connectivity index is 2.09. The molecule has 17 heavy (non-hydrogen) atoms. The summed E-state index contributed by atoms with van der Waals surface area (Å²) in [6, 6.07) is 8.07. The Bertz CT molecular complexity index is 522. The van der Waals surface area contributed by atoms with Gasteiger partial charge in [0.05, 0.1) is 11.0 Å². The third-order valence-corrected chi connectivity index (χ3v) is 5.22. The van der Waals surface area contributed by atoms with E-state index in [2.05, 4.69) is 87.8 Å². The van der Waals surface area contributed by atoms with E-state index >= 15 is 0 Å². The molecule has 0 bridgehead atoms. The molecule has 0 saturated heterocycles. The molecule has 0 spiro atoms. The highest BCUT2D eigenvalue weighted by Crippen LogP contribution is 2.28. The Morgan fingerprint density at radius 2 is 1.94 bits per heavy atom. The van der Waals surface area contributed by atoms with Crippen LogP contribution in [0.3, 0.4) is 0 Å². The van der Waals surface area contributed by atoms with E-state index < -0.39 is 0 Å². The molecule has 2 rings (SSSR count). The highest BCUT2D eigenvalue weighted by atomic mass is 127. The van der Waals surface area contributed by atoms with Crippen LogP contribution in [0.15, 0.2) is 42.3 Å². The molecular weight excluding hydrogens is 529 g/mol. The predicted molar refractivity (Wildman–Crippen MR) is 88.3 cm³/mol. The molecule has 1 aromatic heterocycles. The summed E-state index contributed by atoms with van der Waals surface area (Å²) < 4.78 is 9.38. The van der Waals surface area contributed by atoms with E-state index in [1.807, 2.05) is 12.1 Å². The quantitative estimate of drug-likeness (QED) is 0.504. The Hall–Kier alpha value is 0.470. The zero-order chi connectivity index (χ0) is 12.4. The Morgan fingerprint density at radius 1 is 1.18 bits per heavy atom. The predicted octanol–water partition coefficient (Wildman–Crippen LogP) is 5.78. The Morgan fingerprint density at radius 3 is 2.59 bits per heavy atom. The van der Waals surface area contributed by atoms with Gasteiger partial charge in [-0.2, -0.15) is 0 Å². The summed E-state index contributed by atoms with van der Waals surface area (Å²) in [7, 11) is 0. The van der Waals surface area contributed by atoms with E-state index in [0.717, 1.165) is 25.1 Å². The number of furan rings is 1. The third-order valence-electron chi connectivity index (χ3n) is 2.08. The lowest BCUT2D eigenvalue weighted by Gasteiger charge is -2.07. The summed E-state index contributed by atoms with van der Waals surface area (Å²) >= 11 is 12.5. The van der Waals surface area contributed by atoms with Crippen LogP contribution in [0.1, 0.15) is 5.76 Å². The zero-order valence-electron chi connectivity index (χ0n) is 8.44. The van der Waals surface area contributed by atoms with Crippen molar-refractivity contribution in [2.75, 3.05) is 5.32 Å². The number of hydrogen-bond donors (Lipinski definition) is 1. The third kappa shape index (κ3) is 3.71. The topological polar surface area (TPSA) is 25.2 Å². The summed E-state index contributed by atoms with van der Waals surface area (Å²) in [6.07, 6.45) is 0. The minimum atomic E-state index is 0.649. The maximum absolute atomic E-state index is 5.50. The van der Waals surface area contributed by atoms with Gasteiger partial charge >= 0.3 is 0 Å². The average molecular weight is 536 g/mol. The van der Waals surface area contributed by atoms with Gasteiger partial charge in [0.15, 0.2) is 4.67 Å². The Kier molecular flexibility index (Phi) is 4.96. The first-order valence-corrected chi connectivity index (χ1v) is 8.14. The second-order valence-electron chi connectivity index (χ2n) is 3.31. The number of halogens is 4. The molecule has 1 heterocycles. The minimum absolute atomic E-state index is 0.649. The second kappa shape index (κ2) is 6.08. The standard InChI is InChI=1S/C11H7Br3INO/c12-6-1-2-9(15)10(3-6)16-5-7-4-8(13)11(14)17-7/h1-4,16H,5H2. The van der Waals surface area contributed by atoms with E-state index in [-0.39, 0.29) is 0 Å². The highest BCUT2D eigenvalue weighted by Gasteiger charge is 2.06. The van der Waals surface area contributed by atoms with Crippen LogP contribution < -0.4 is 5.32 Å². The first kappa shape index (κ1) is 13.9. The largest absolute Gasteiger partial charge is 0.451 e. The van der Waals surface area contributed by atoms with Crippen LogP contribution in [0.4, 0.5) is 5.69 Å². The van der Waals surface area contributed by atoms with Gasteiger partial charge in [0, 0.05) is 13.7 Å². The first-order chi connectivity index (χ1) is 8.06. The van der Waals surface area contributed by atoms with Crippen molar-refractivity contribution >= 4 is 76.1 Å². The fourth-order valence-electron chi connectivity index (χ4n) is 1.29. The van der Waals surface area contributed by atoms with Gasteiger partial charge in [-0.1, -0.05) is 15.9 Å². The lowest BCUT2D eigenvalue weighted by molar-refractivity contribution is 0.494. The SMILES string of the molecule is Brc1ccc(I)c(NCc2cc(Br)c(Br)o2)c1. The van der Waals surface area contributed by atoms with E-state index in [0.29, 0.717) is 6.54 Å². The average Bonchev–Trinajstić information content (AvgIpc) is 2.60. The molecule has 0 aliphatic carbocycles. The molecule has 1 N–H and O–H groups in total. The molecule has 0 radical (unpaired) electrons. The van der Waals surface area contributed by atoms with Gasteiger partial charge in [0.2, 0.25) is 0 Å². The zero-order valence-corrected chi connectivity index (χ0v) is 15.4. The fourth-order valence-corrected chi connectivity index (χ4v) is 2.84. The lowest BCUT2D eigenvalue weighted by atomic mass is 10.3. The monoisotopic (exact) mass is 533 g/mol. The van der Waals surface area contributed by atoms with Crippen molar-refractivity contribution in [2.45, 2.75) is 6.54 Å². The summed E-state index contributed by atoms with van der Waals surface area (Å²) in [5, 5.41) is 3.34. The number of anilines is 1. The molecule has 0 aliphatic heterocycles. The van der Waals surface area contributed by atoms with Gasteiger partial charge in [0.1, 0.15) is 5.76 Å². The fraction of sp³-hybridized carbons (Fsp3) is 0.0909. The minimum Gasteiger partial charge on any atom is -0.451 e. The first-order valence-electron chi connectivity index (χ1n) is 4.69. The van der Waals surface area contributed by atoms with Gasteiger partial charge in [-0.05, 0) is 78.7 Å². The molecule has 6 heteroatoms. The van der Waals surface area contributed by atoms with Gasteiger partial charge in [-0.3, -0.25) is 0 Å². The second-order valence-corrected chi connectivity index (χ2v) is 6.96. The smallest absolute Gasteiger partial charge is 0.183 e. The highest BCUT2D eigenvalue weighted by molar-refractivity contribution is 14.1. The molecule has 0 saturated carbocycles. The van der Waals surface area contributed by atoms with Crippen molar-refractivity contribution in [3.05, 3.63) is 47.2 Å². The van der Waals surface area contributed by atoms with E-state index in [1.54, 1.807) is 0 Å². The molecule has 2 aromatic rings.